The van der Waals surface area contributed by atoms with Crippen molar-refractivity contribution in [2.75, 3.05) is 19.7 Å². The molecule has 1 unspecified atom stereocenters. The first-order valence-electron chi connectivity index (χ1n) is 7.71. The number of ether oxygens (including phenoxy) is 1. The summed E-state index contributed by atoms with van der Waals surface area (Å²) in [6, 6.07) is 4.00. The van der Waals surface area contributed by atoms with E-state index in [1.54, 1.807) is 4.68 Å². The number of rotatable bonds is 5. The van der Waals surface area contributed by atoms with Gasteiger partial charge in [0.1, 0.15) is 6.10 Å². The highest BCUT2D eigenvalue weighted by atomic mass is 16.5. The Balaban J connectivity index is 1.49. The second-order valence-electron chi connectivity index (χ2n) is 5.67. The van der Waals surface area contributed by atoms with E-state index in [0.717, 1.165) is 18.5 Å². The minimum atomic E-state index is -0.0594. The quantitative estimate of drug-likeness (QED) is 0.843. The molecular weight excluding hydrogens is 280 g/mol. The number of nitrogens with zero attached hydrogens (tertiary/aromatic N) is 4. The van der Waals surface area contributed by atoms with Gasteiger partial charge in [-0.2, -0.15) is 5.10 Å². The summed E-state index contributed by atoms with van der Waals surface area (Å²) in [5.74, 6) is 0.212. The molecule has 6 heteroatoms. The molecule has 0 saturated carbocycles. The molecule has 0 radical (unpaired) electrons. The zero-order chi connectivity index (χ0) is 15.4. The van der Waals surface area contributed by atoms with Gasteiger partial charge in [-0.3, -0.25) is 9.48 Å². The molecule has 2 aromatic heterocycles. The van der Waals surface area contributed by atoms with E-state index >= 15 is 0 Å². The van der Waals surface area contributed by atoms with Crippen LogP contribution in [-0.2, 0) is 23.1 Å². The Morgan fingerprint density at radius 1 is 1.41 bits per heavy atom. The van der Waals surface area contributed by atoms with Crippen molar-refractivity contribution in [1.82, 2.24) is 19.2 Å². The number of hydrogen-bond acceptors (Lipinski definition) is 3. The molecule has 0 aliphatic carbocycles. The molecule has 3 rings (SSSR count). The SMILES string of the molecule is Cn1cc(C2CN(C(=O)CCCn3cccc3)CCO2)cn1. The lowest BCUT2D eigenvalue weighted by Crippen LogP contribution is -2.42. The Labute approximate surface area is 130 Å². The largest absolute Gasteiger partial charge is 0.370 e. The fourth-order valence-electron chi connectivity index (χ4n) is 2.77. The highest BCUT2D eigenvalue weighted by Crippen LogP contribution is 2.22. The molecule has 6 nitrogen and oxygen atoms in total. The first-order valence-corrected chi connectivity index (χ1v) is 7.71. The first kappa shape index (κ1) is 14.8. The summed E-state index contributed by atoms with van der Waals surface area (Å²) >= 11 is 0. The Bertz CT molecular complexity index is 605. The lowest BCUT2D eigenvalue weighted by molar-refractivity contribution is -0.139. The van der Waals surface area contributed by atoms with E-state index in [4.69, 9.17) is 4.74 Å². The van der Waals surface area contributed by atoms with E-state index in [9.17, 15) is 4.79 Å². The lowest BCUT2D eigenvalue weighted by atomic mass is 10.1. The zero-order valence-electron chi connectivity index (χ0n) is 12.9. The molecule has 3 heterocycles. The molecule has 0 bridgehead atoms. The average molecular weight is 302 g/mol. The van der Waals surface area contributed by atoms with Crippen LogP contribution >= 0.6 is 0 Å². The number of aromatic nitrogens is 3. The third kappa shape index (κ3) is 3.57. The number of aryl methyl sites for hydroxylation is 2. The molecule has 1 aliphatic heterocycles. The van der Waals surface area contributed by atoms with Gasteiger partial charge in [-0.05, 0) is 18.6 Å². The van der Waals surface area contributed by atoms with Crippen molar-refractivity contribution < 1.29 is 9.53 Å². The zero-order valence-corrected chi connectivity index (χ0v) is 12.9. The van der Waals surface area contributed by atoms with Crippen LogP contribution in [0.4, 0.5) is 0 Å². The van der Waals surface area contributed by atoms with Gasteiger partial charge in [0, 0.05) is 50.7 Å². The summed E-state index contributed by atoms with van der Waals surface area (Å²) in [6.45, 7) is 2.77. The minimum absolute atomic E-state index is 0.0594. The van der Waals surface area contributed by atoms with E-state index in [2.05, 4.69) is 9.67 Å². The maximum atomic E-state index is 12.3. The third-order valence-corrected chi connectivity index (χ3v) is 3.99. The normalized spacial score (nSPS) is 18.6. The summed E-state index contributed by atoms with van der Waals surface area (Å²) in [5.41, 5.74) is 1.03. The minimum Gasteiger partial charge on any atom is -0.370 e. The van der Waals surface area contributed by atoms with Gasteiger partial charge in [0.05, 0.1) is 19.3 Å². The molecule has 0 aromatic carbocycles. The molecular formula is C16H22N4O2. The Kier molecular flexibility index (Phi) is 4.58. The topological polar surface area (TPSA) is 52.3 Å². The fourth-order valence-corrected chi connectivity index (χ4v) is 2.77. The van der Waals surface area contributed by atoms with E-state index in [1.165, 1.54) is 0 Å². The van der Waals surface area contributed by atoms with Crippen LogP contribution in [0.5, 0.6) is 0 Å². The predicted octanol–water partition coefficient (Wildman–Crippen LogP) is 1.60. The first-order chi connectivity index (χ1) is 10.7. The lowest BCUT2D eigenvalue weighted by Gasteiger charge is -2.32. The van der Waals surface area contributed by atoms with Gasteiger partial charge in [-0.25, -0.2) is 0 Å². The molecule has 2 aromatic rings. The van der Waals surface area contributed by atoms with Crippen molar-refractivity contribution in [3.8, 4) is 0 Å². The van der Waals surface area contributed by atoms with Crippen LogP contribution in [0.2, 0.25) is 0 Å². The van der Waals surface area contributed by atoms with Crippen LogP contribution in [0, 0.1) is 0 Å². The number of carbonyl (C=O) groups excluding carboxylic acids is 1. The van der Waals surface area contributed by atoms with Crippen molar-refractivity contribution in [2.24, 2.45) is 7.05 Å². The molecule has 1 aliphatic rings. The van der Waals surface area contributed by atoms with Crippen molar-refractivity contribution >= 4 is 5.91 Å². The second-order valence-corrected chi connectivity index (χ2v) is 5.67. The van der Waals surface area contributed by atoms with Gasteiger partial charge in [0.2, 0.25) is 5.91 Å². The summed E-state index contributed by atoms with van der Waals surface area (Å²) in [6.07, 6.45) is 9.20. The molecule has 1 amide bonds. The maximum absolute atomic E-state index is 12.3. The number of morpholine rings is 1. The molecule has 1 saturated heterocycles. The monoisotopic (exact) mass is 302 g/mol. The second kappa shape index (κ2) is 6.79. The highest BCUT2D eigenvalue weighted by molar-refractivity contribution is 5.76. The summed E-state index contributed by atoms with van der Waals surface area (Å²) in [4.78, 5) is 14.3. The van der Waals surface area contributed by atoms with Crippen LogP contribution in [0.3, 0.4) is 0 Å². The van der Waals surface area contributed by atoms with Crippen LogP contribution in [0.1, 0.15) is 24.5 Å². The van der Waals surface area contributed by atoms with Gasteiger partial charge in [-0.1, -0.05) is 0 Å². The van der Waals surface area contributed by atoms with Gasteiger partial charge < -0.3 is 14.2 Å². The molecule has 22 heavy (non-hydrogen) atoms. The Morgan fingerprint density at radius 2 is 2.23 bits per heavy atom. The number of carbonyl (C=O) groups is 1. The van der Waals surface area contributed by atoms with Crippen molar-refractivity contribution in [2.45, 2.75) is 25.5 Å². The molecule has 1 atom stereocenters. The van der Waals surface area contributed by atoms with Crippen molar-refractivity contribution in [1.29, 1.82) is 0 Å². The summed E-state index contributed by atoms with van der Waals surface area (Å²) in [5, 5.41) is 4.17. The number of hydrogen-bond donors (Lipinski definition) is 0. The van der Waals surface area contributed by atoms with E-state index < -0.39 is 0 Å². The molecule has 0 spiro atoms. The average Bonchev–Trinajstić information content (AvgIpc) is 3.19. The van der Waals surface area contributed by atoms with Gasteiger partial charge in [0.25, 0.3) is 0 Å². The van der Waals surface area contributed by atoms with Crippen LogP contribution in [0.25, 0.3) is 0 Å². The Hall–Kier alpha value is -2.08. The van der Waals surface area contributed by atoms with Crippen LogP contribution in [0.15, 0.2) is 36.9 Å². The van der Waals surface area contributed by atoms with Crippen LogP contribution < -0.4 is 0 Å². The van der Waals surface area contributed by atoms with Crippen molar-refractivity contribution in [3.05, 3.63) is 42.5 Å². The van der Waals surface area contributed by atoms with E-state index in [-0.39, 0.29) is 12.0 Å². The Morgan fingerprint density at radius 3 is 2.95 bits per heavy atom. The molecule has 0 N–H and O–H groups in total. The predicted molar refractivity (Wildman–Crippen MR) is 82.1 cm³/mol. The summed E-state index contributed by atoms with van der Waals surface area (Å²) in [7, 11) is 1.89. The molecule has 1 fully saturated rings. The smallest absolute Gasteiger partial charge is 0.222 e. The number of amides is 1. The van der Waals surface area contributed by atoms with E-state index in [0.29, 0.717) is 26.1 Å². The fraction of sp³-hybridized carbons (Fsp3) is 0.500. The third-order valence-electron chi connectivity index (χ3n) is 3.99. The van der Waals surface area contributed by atoms with Gasteiger partial charge in [-0.15, -0.1) is 0 Å². The highest BCUT2D eigenvalue weighted by Gasteiger charge is 2.25. The van der Waals surface area contributed by atoms with E-state index in [1.807, 2.05) is 48.9 Å². The maximum Gasteiger partial charge on any atom is 0.222 e. The van der Waals surface area contributed by atoms with Crippen molar-refractivity contribution in [3.63, 3.8) is 0 Å². The van der Waals surface area contributed by atoms with Gasteiger partial charge >= 0.3 is 0 Å². The van der Waals surface area contributed by atoms with Crippen LogP contribution in [-0.4, -0.2) is 44.9 Å². The van der Waals surface area contributed by atoms with Gasteiger partial charge in [0.15, 0.2) is 0 Å². The molecule has 118 valence electrons. The standard InChI is InChI=1S/C16H22N4O2/c1-18-12-14(11-17-18)15-13-20(9-10-22-15)16(21)5-4-8-19-6-2-3-7-19/h2-3,6-7,11-12,15H,4-5,8-10,13H2,1H3. The summed E-state index contributed by atoms with van der Waals surface area (Å²) < 4.78 is 9.63.